The van der Waals surface area contributed by atoms with Gasteiger partial charge >= 0.3 is 0 Å². The van der Waals surface area contributed by atoms with Gasteiger partial charge in [0.1, 0.15) is 5.82 Å². The second-order valence-electron chi connectivity index (χ2n) is 9.02. The first-order valence-corrected chi connectivity index (χ1v) is 11.2. The van der Waals surface area contributed by atoms with Gasteiger partial charge in [-0.15, -0.1) is 0 Å². The molecule has 1 amide bonds. The number of amides is 1. The summed E-state index contributed by atoms with van der Waals surface area (Å²) in [7, 11) is 3.99. The van der Waals surface area contributed by atoms with Gasteiger partial charge < -0.3 is 14.3 Å². The Balaban J connectivity index is 1.52. The van der Waals surface area contributed by atoms with Crippen molar-refractivity contribution in [3.8, 4) is 11.3 Å². The molecule has 1 aliphatic heterocycles. The van der Waals surface area contributed by atoms with Crippen molar-refractivity contribution in [2.75, 3.05) is 32.1 Å². The van der Waals surface area contributed by atoms with E-state index in [9.17, 15) is 4.79 Å². The summed E-state index contributed by atoms with van der Waals surface area (Å²) in [5.41, 5.74) is 4.55. The number of nitrogens with zero attached hydrogens (tertiary/aromatic N) is 5. The number of benzene rings is 1. The quantitative estimate of drug-likeness (QED) is 0.583. The van der Waals surface area contributed by atoms with Crippen LogP contribution in [-0.2, 0) is 0 Å². The molecule has 7 nitrogen and oxygen atoms in total. The monoisotopic (exact) mass is 433 g/mol. The molecule has 0 atom stereocenters. The topological polar surface area (TPSA) is 75.4 Å². The lowest BCUT2D eigenvalue weighted by Gasteiger charge is -2.32. The molecule has 2 aromatic heterocycles. The summed E-state index contributed by atoms with van der Waals surface area (Å²) in [5, 5.41) is 4.04. The third-order valence-electron chi connectivity index (χ3n) is 6.05. The summed E-state index contributed by atoms with van der Waals surface area (Å²) in [6, 6.07) is 9.72. The minimum Gasteiger partial charge on any atom is -0.378 e. The van der Waals surface area contributed by atoms with E-state index in [4.69, 9.17) is 9.51 Å². The van der Waals surface area contributed by atoms with Crippen LogP contribution in [0, 0.1) is 6.92 Å². The molecule has 1 aromatic carbocycles. The number of piperidine rings is 1. The van der Waals surface area contributed by atoms with E-state index in [2.05, 4.69) is 24.0 Å². The van der Waals surface area contributed by atoms with E-state index in [1.807, 2.05) is 67.3 Å². The molecule has 0 spiro atoms. The van der Waals surface area contributed by atoms with Crippen LogP contribution in [0.3, 0.4) is 0 Å². The fourth-order valence-electron chi connectivity index (χ4n) is 4.12. The van der Waals surface area contributed by atoms with Crippen LogP contribution >= 0.6 is 0 Å². The molecule has 7 heteroatoms. The van der Waals surface area contributed by atoms with Gasteiger partial charge in [-0.3, -0.25) is 4.79 Å². The van der Waals surface area contributed by atoms with Crippen LogP contribution in [0.15, 0.2) is 41.1 Å². The van der Waals surface area contributed by atoms with Crippen molar-refractivity contribution >= 4 is 11.6 Å². The van der Waals surface area contributed by atoms with E-state index in [1.165, 1.54) is 0 Å². The van der Waals surface area contributed by atoms with Gasteiger partial charge in [0.15, 0.2) is 5.76 Å². The summed E-state index contributed by atoms with van der Waals surface area (Å²) in [6.07, 6.45) is 3.58. The van der Waals surface area contributed by atoms with Crippen LogP contribution < -0.4 is 4.90 Å². The first kappa shape index (κ1) is 22.0. The Hall–Kier alpha value is -3.22. The molecular formula is C25H31N5O2. The van der Waals surface area contributed by atoms with Crippen LogP contribution in [0.2, 0.25) is 0 Å². The van der Waals surface area contributed by atoms with E-state index in [-0.39, 0.29) is 17.7 Å². The molecule has 0 N–H and O–H groups in total. The average Bonchev–Trinajstić information content (AvgIpc) is 3.24. The van der Waals surface area contributed by atoms with Gasteiger partial charge in [-0.25, -0.2) is 9.97 Å². The Kier molecular flexibility index (Phi) is 6.26. The van der Waals surface area contributed by atoms with E-state index < -0.39 is 0 Å². The molecule has 3 heterocycles. The number of aryl methyl sites for hydroxylation is 1. The summed E-state index contributed by atoms with van der Waals surface area (Å²) in [5.74, 6) is 2.11. The Bertz CT molecular complexity index is 1080. The molecule has 4 rings (SSSR count). The average molecular weight is 434 g/mol. The molecule has 0 radical (unpaired) electrons. The molecule has 3 aromatic rings. The number of anilines is 1. The third-order valence-corrected chi connectivity index (χ3v) is 6.05. The first-order chi connectivity index (χ1) is 15.3. The molecule has 1 fully saturated rings. The maximum Gasteiger partial charge on any atom is 0.253 e. The molecule has 168 valence electrons. The van der Waals surface area contributed by atoms with E-state index in [0.717, 1.165) is 46.9 Å². The van der Waals surface area contributed by atoms with Gasteiger partial charge in [0.25, 0.3) is 5.91 Å². The SMILES string of the molecule is Cc1cc(-c2cnc(C(C)C)nc2C2CCN(C(=O)c3ccc(N(C)C)cc3)CC2)on1. The highest BCUT2D eigenvalue weighted by atomic mass is 16.5. The zero-order valence-corrected chi connectivity index (χ0v) is 19.5. The van der Waals surface area contributed by atoms with Gasteiger partial charge in [0.2, 0.25) is 0 Å². The molecule has 0 unspecified atom stereocenters. The Morgan fingerprint density at radius 1 is 1.16 bits per heavy atom. The molecule has 0 bridgehead atoms. The Morgan fingerprint density at radius 3 is 2.41 bits per heavy atom. The molecular weight excluding hydrogens is 402 g/mol. The lowest BCUT2D eigenvalue weighted by Crippen LogP contribution is -2.38. The van der Waals surface area contributed by atoms with Gasteiger partial charge in [0.05, 0.1) is 17.0 Å². The molecule has 1 aliphatic rings. The zero-order valence-electron chi connectivity index (χ0n) is 19.5. The van der Waals surface area contributed by atoms with E-state index in [0.29, 0.717) is 18.8 Å². The summed E-state index contributed by atoms with van der Waals surface area (Å²) in [4.78, 5) is 26.5. The predicted molar refractivity (Wildman–Crippen MR) is 125 cm³/mol. The van der Waals surface area contributed by atoms with Gasteiger partial charge in [-0.05, 0) is 44.0 Å². The number of hydrogen-bond acceptors (Lipinski definition) is 6. The highest BCUT2D eigenvalue weighted by Crippen LogP contribution is 2.35. The zero-order chi connectivity index (χ0) is 22.8. The smallest absolute Gasteiger partial charge is 0.253 e. The number of likely N-dealkylation sites (tertiary alicyclic amines) is 1. The summed E-state index contributed by atoms with van der Waals surface area (Å²) in [6.45, 7) is 7.51. The van der Waals surface area contributed by atoms with Gasteiger partial charge in [-0.1, -0.05) is 19.0 Å². The number of carbonyl (C=O) groups is 1. The Morgan fingerprint density at radius 2 is 1.84 bits per heavy atom. The lowest BCUT2D eigenvalue weighted by molar-refractivity contribution is 0.0712. The highest BCUT2D eigenvalue weighted by Gasteiger charge is 2.28. The van der Waals surface area contributed by atoms with Crippen LogP contribution in [0.1, 0.15) is 66.1 Å². The fourth-order valence-corrected chi connectivity index (χ4v) is 4.12. The van der Waals surface area contributed by atoms with E-state index >= 15 is 0 Å². The van der Waals surface area contributed by atoms with Gasteiger partial charge in [-0.2, -0.15) is 0 Å². The van der Waals surface area contributed by atoms with Crippen molar-refractivity contribution in [3.05, 3.63) is 59.3 Å². The fraction of sp³-hybridized carbons (Fsp3) is 0.440. The number of aromatic nitrogens is 3. The van der Waals surface area contributed by atoms with Crippen LogP contribution in [0.4, 0.5) is 5.69 Å². The normalized spacial score (nSPS) is 14.8. The van der Waals surface area contributed by atoms with Crippen molar-refractivity contribution in [2.45, 2.75) is 45.4 Å². The van der Waals surface area contributed by atoms with Crippen LogP contribution in [-0.4, -0.2) is 53.1 Å². The van der Waals surface area contributed by atoms with Crippen molar-refractivity contribution in [3.63, 3.8) is 0 Å². The van der Waals surface area contributed by atoms with Crippen LogP contribution in [0.5, 0.6) is 0 Å². The van der Waals surface area contributed by atoms with Crippen molar-refractivity contribution in [1.82, 2.24) is 20.0 Å². The highest BCUT2D eigenvalue weighted by molar-refractivity contribution is 5.94. The third kappa shape index (κ3) is 4.52. The van der Waals surface area contributed by atoms with Gasteiger partial charge in [0, 0.05) is 62.5 Å². The summed E-state index contributed by atoms with van der Waals surface area (Å²) < 4.78 is 5.53. The molecule has 0 aliphatic carbocycles. The van der Waals surface area contributed by atoms with Crippen molar-refractivity contribution in [1.29, 1.82) is 0 Å². The minimum atomic E-state index is 0.0883. The number of rotatable bonds is 5. The summed E-state index contributed by atoms with van der Waals surface area (Å²) >= 11 is 0. The molecule has 1 saturated heterocycles. The van der Waals surface area contributed by atoms with Crippen molar-refractivity contribution in [2.24, 2.45) is 0 Å². The van der Waals surface area contributed by atoms with Crippen molar-refractivity contribution < 1.29 is 9.32 Å². The maximum absolute atomic E-state index is 13.0. The Labute approximate surface area is 189 Å². The number of hydrogen-bond donors (Lipinski definition) is 0. The first-order valence-electron chi connectivity index (χ1n) is 11.2. The van der Waals surface area contributed by atoms with Crippen LogP contribution in [0.25, 0.3) is 11.3 Å². The minimum absolute atomic E-state index is 0.0883. The predicted octanol–water partition coefficient (Wildman–Crippen LogP) is 4.65. The second kappa shape index (κ2) is 9.10. The number of carbonyl (C=O) groups excluding carboxylic acids is 1. The molecule has 32 heavy (non-hydrogen) atoms. The molecule has 0 saturated carbocycles. The lowest BCUT2D eigenvalue weighted by atomic mass is 9.89. The largest absolute Gasteiger partial charge is 0.378 e. The maximum atomic E-state index is 13.0. The van der Waals surface area contributed by atoms with E-state index in [1.54, 1.807) is 0 Å². The standard InChI is InChI=1S/C25H31N5O2/c1-16(2)24-26-15-21(22-14-17(3)28-32-22)23(27-24)18-10-12-30(13-11-18)25(31)19-6-8-20(9-7-19)29(4)5/h6-9,14-16,18H,10-13H2,1-5H3. The second-order valence-corrected chi connectivity index (χ2v) is 9.02.